The average molecular weight is 252 g/mol. The molecule has 0 radical (unpaired) electrons. The van der Waals surface area contributed by atoms with Gasteiger partial charge < -0.3 is 5.73 Å². The highest BCUT2D eigenvalue weighted by Gasteiger charge is 2.12. The standard InChI is InChI=1S/C9H8N4OS2/c1-5-12-13-9(15-5)16-8-6(7(10)14)3-2-4-11-8/h2-4H,1H3,(H2,10,14). The van der Waals surface area contributed by atoms with Gasteiger partial charge in [0.25, 0.3) is 5.91 Å². The highest BCUT2D eigenvalue weighted by Crippen LogP contribution is 2.30. The molecule has 2 heterocycles. The summed E-state index contributed by atoms with van der Waals surface area (Å²) in [6, 6.07) is 3.32. The molecule has 0 spiro atoms. The topological polar surface area (TPSA) is 81.8 Å². The monoisotopic (exact) mass is 252 g/mol. The molecule has 0 aliphatic heterocycles. The number of pyridine rings is 1. The fourth-order valence-electron chi connectivity index (χ4n) is 1.06. The van der Waals surface area contributed by atoms with Crippen molar-refractivity contribution in [3.63, 3.8) is 0 Å². The first-order valence-corrected chi connectivity index (χ1v) is 6.03. The SMILES string of the molecule is Cc1nnc(Sc2ncccc2C(N)=O)s1. The van der Waals surface area contributed by atoms with Crippen LogP contribution in [0.5, 0.6) is 0 Å². The van der Waals surface area contributed by atoms with Crippen LogP contribution in [0.3, 0.4) is 0 Å². The first-order valence-electron chi connectivity index (χ1n) is 4.39. The Morgan fingerprint density at radius 3 is 2.94 bits per heavy atom. The minimum Gasteiger partial charge on any atom is -0.366 e. The summed E-state index contributed by atoms with van der Waals surface area (Å²) in [4.78, 5) is 15.3. The Kier molecular flexibility index (Phi) is 3.16. The molecule has 1 amide bonds. The van der Waals surface area contributed by atoms with Crippen LogP contribution < -0.4 is 5.73 Å². The van der Waals surface area contributed by atoms with E-state index < -0.39 is 5.91 Å². The normalized spacial score (nSPS) is 10.3. The minimum atomic E-state index is -0.489. The largest absolute Gasteiger partial charge is 0.366 e. The number of rotatable bonds is 3. The smallest absolute Gasteiger partial charge is 0.251 e. The molecular formula is C9H8N4OS2. The van der Waals surface area contributed by atoms with E-state index in [2.05, 4.69) is 15.2 Å². The molecule has 0 saturated heterocycles. The van der Waals surface area contributed by atoms with Crippen molar-refractivity contribution < 1.29 is 4.79 Å². The zero-order valence-corrected chi connectivity index (χ0v) is 10.0. The molecule has 16 heavy (non-hydrogen) atoms. The number of hydrogen-bond donors (Lipinski definition) is 1. The van der Waals surface area contributed by atoms with Crippen molar-refractivity contribution in [3.05, 3.63) is 28.9 Å². The second-order valence-electron chi connectivity index (χ2n) is 2.91. The second kappa shape index (κ2) is 4.58. The van der Waals surface area contributed by atoms with Gasteiger partial charge in [-0.05, 0) is 30.8 Å². The molecule has 2 rings (SSSR count). The van der Waals surface area contributed by atoms with Crippen LogP contribution in [0, 0.1) is 6.92 Å². The van der Waals surface area contributed by atoms with E-state index in [1.165, 1.54) is 23.1 Å². The third-order valence-corrected chi connectivity index (χ3v) is 3.64. The van der Waals surface area contributed by atoms with Crippen molar-refractivity contribution in [1.29, 1.82) is 0 Å². The van der Waals surface area contributed by atoms with E-state index in [0.29, 0.717) is 10.6 Å². The summed E-state index contributed by atoms with van der Waals surface area (Å²) >= 11 is 2.75. The number of nitrogens with zero attached hydrogens (tertiary/aromatic N) is 3. The van der Waals surface area contributed by atoms with Gasteiger partial charge in [-0.15, -0.1) is 10.2 Å². The summed E-state index contributed by atoms with van der Waals surface area (Å²) in [7, 11) is 0. The molecule has 0 fully saturated rings. The Morgan fingerprint density at radius 2 is 2.31 bits per heavy atom. The Hall–Kier alpha value is -1.47. The van der Waals surface area contributed by atoms with Gasteiger partial charge in [0.15, 0.2) is 4.34 Å². The number of aryl methyl sites for hydroxylation is 1. The fraction of sp³-hybridized carbons (Fsp3) is 0.111. The summed E-state index contributed by atoms with van der Waals surface area (Å²) in [6.07, 6.45) is 1.61. The van der Waals surface area contributed by atoms with Crippen molar-refractivity contribution in [2.75, 3.05) is 0 Å². The third-order valence-electron chi connectivity index (χ3n) is 1.73. The van der Waals surface area contributed by atoms with Gasteiger partial charge in [0.2, 0.25) is 0 Å². The third kappa shape index (κ3) is 2.37. The Morgan fingerprint density at radius 1 is 1.50 bits per heavy atom. The van der Waals surface area contributed by atoms with Crippen LogP contribution in [0.1, 0.15) is 15.4 Å². The lowest BCUT2D eigenvalue weighted by Crippen LogP contribution is -2.12. The maximum absolute atomic E-state index is 11.2. The summed E-state index contributed by atoms with van der Waals surface area (Å²) in [6.45, 7) is 1.87. The second-order valence-corrected chi connectivity index (χ2v) is 5.33. The Bertz CT molecular complexity index is 526. The molecule has 7 heteroatoms. The Balaban J connectivity index is 2.31. The quantitative estimate of drug-likeness (QED) is 0.895. The molecule has 0 aromatic carbocycles. The Labute approximate surface area is 100 Å². The maximum atomic E-state index is 11.2. The van der Waals surface area contributed by atoms with E-state index in [0.717, 1.165) is 9.35 Å². The van der Waals surface area contributed by atoms with Crippen molar-refractivity contribution >= 4 is 29.0 Å². The molecule has 2 N–H and O–H groups in total. The number of amides is 1. The van der Waals surface area contributed by atoms with E-state index in [9.17, 15) is 4.79 Å². The van der Waals surface area contributed by atoms with E-state index in [1.807, 2.05) is 6.92 Å². The van der Waals surface area contributed by atoms with Gasteiger partial charge >= 0.3 is 0 Å². The maximum Gasteiger partial charge on any atom is 0.251 e. The van der Waals surface area contributed by atoms with E-state index in [-0.39, 0.29) is 0 Å². The van der Waals surface area contributed by atoms with Crippen LogP contribution >= 0.6 is 23.1 Å². The van der Waals surface area contributed by atoms with E-state index in [1.54, 1.807) is 18.3 Å². The van der Waals surface area contributed by atoms with Crippen molar-refractivity contribution in [2.24, 2.45) is 5.73 Å². The average Bonchev–Trinajstić information content (AvgIpc) is 2.64. The van der Waals surface area contributed by atoms with Gasteiger partial charge in [-0.2, -0.15) is 0 Å². The van der Waals surface area contributed by atoms with Crippen LogP contribution in [0.4, 0.5) is 0 Å². The minimum absolute atomic E-state index is 0.403. The zero-order chi connectivity index (χ0) is 11.5. The number of nitrogens with two attached hydrogens (primary N) is 1. The van der Waals surface area contributed by atoms with Gasteiger partial charge in [0, 0.05) is 6.20 Å². The summed E-state index contributed by atoms with van der Waals surface area (Å²) in [5.74, 6) is -0.489. The summed E-state index contributed by atoms with van der Waals surface area (Å²) in [5.41, 5.74) is 5.65. The van der Waals surface area contributed by atoms with Crippen LogP contribution in [-0.2, 0) is 0 Å². The first-order chi connectivity index (χ1) is 7.66. The van der Waals surface area contributed by atoms with Gasteiger partial charge in [-0.25, -0.2) is 4.98 Å². The van der Waals surface area contributed by atoms with Crippen LogP contribution in [0.25, 0.3) is 0 Å². The predicted octanol–water partition coefficient (Wildman–Crippen LogP) is 1.49. The number of hydrogen-bond acceptors (Lipinski definition) is 6. The number of primary amides is 1. The fourth-order valence-corrected chi connectivity index (χ4v) is 2.88. The molecule has 0 aliphatic rings. The van der Waals surface area contributed by atoms with Gasteiger partial charge in [0.1, 0.15) is 10.0 Å². The van der Waals surface area contributed by atoms with Crippen LogP contribution in [0.2, 0.25) is 0 Å². The lowest BCUT2D eigenvalue weighted by atomic mass is 10.3. The summed E-state index contributed by atoms with van der Waals surface area (Å²) in [5, 5.41) is 9.28. The van der Waals surface area contributed by atoms with Gasteiger partial charge in [-0.3, -0.25) is 4.79 Å². The van der Waals surface area contributed by atoms with Crippen molar-refractivity contribution in [2.45, 2.75) is 16.3 Å². The van der Waals surface area contributed by atoms with Crippen molar-refractivity contribution in [3.8, 4) is 0 Å². The predicted molar refractivity (Wildman–Crippen MR) is 61.5 cm³/mol. The first kappa shape index (κ1) is 11.0. The van der Waals surface area contributed by atoms with Gasteiger partial charge in [-0.1, -0.05) is 11.3 Å². The molecule has 0 unspecified atom stereocenters. The van der Waals surface area contributed by atoms with Crippen molar-refractivity contribution in [1.82, 2.24) is 15.2 Å². The molecule has 2 aromatic heterocycles. The molecule has 0 atom stereocenters. The number of aromatic nitrogens is 3. The van der Waals surface area contributed by atoms with Gasteiger partial charge in [0.05, 0.1) is 5.56 Å². The van der Waals surface area contributed by atoms with E-state index >= 15 is 0 Å². The molecular weight excluding hydrogens is 244 g/mol. The number of carbonyl (C=O) groups is 1. The lowest BCUT2D eigenvalue weighted by Gasteiger charge is -2.01. The molecule has 82 valence electrons. The number of carbonyl (C=O) groups excluding carboxylic acids is 1. The molecule has 0 saturated carbocycles. The molecule has 0 bridgehead atoms. The highest BCUT2D eigenvalue weighted by atomic mass is 32.2. The van der Waals surface area contributed by atoms with E-state index in [4.69, 9.17) is 5.73 Å². The lowest BCUT2D eigenvalue weighted by molar-refractivity contribution is 0.0997. The summed E-state index contributed by atoms with van der Waals surface area (Å²) < 4.78 is 0.749. The highest BCUT2D eigenvalue weighted by molar-refractivity contribution is 8.01. The molecule has 2 aromatic rings. The van der Waals surface area contributed by atoms with Crippen LogP contribution in [-0.4, -0.2) is 21.1 Å². The molecule has 0 aliphatic carbocycles. The van der Waals surface area contributed by atoms with Crippen LogP contribution in [0.15, 0.2) is 27.7 Å². The zero-order valence-electron chi connectivity index (χ0n) is 8.38. The molecule has 5 nitrogen and oxygen atoms in total.